The van der Waals surface area contributed by atoms with Crippen molar-refractivity contribution >= 4 is 93.1 Å². The first-order valence-electron chi connectivity index (χ1n) is 39.1. The number of aryl methyl sites for hydroxylation is 5. The third kappa shape index (κ3) is 23.6. The molecular formula is C74H91N10O33P5S5. The highest BCUT2D eigenvalue weighted by Gasteiger charge is 2.51. The average Bonchev–Trinajstić information content (AvgIpc) is 1.58. The highest BCUT2D eigenvalue weighted by atomic mass is 32.7. The van der Waals surface area contributed by atoms with Crippen molar-refractivity contribution in [1.29, 1.82) is 0 Å². The molecule has 0 bridgehead atoms. The van der Waals surface area contributed by atoms with Gasteiger partial charge in [-0.25, -0.2) is 28.5 Å². The summed E-state index contributed by atoms with van der Waals surface area (Å²) in [6.45, 7) is -16.0. The Morgan fingerprint density at radius 1 is 0.394 bits per heavy atom. The Morgan fingerprint density at radius 2 is 0.646 bits per heavy atom. The minimum absolute atomic E-state index is 0.0452. The molecule has 3 aromatic carbocycles. The molecule has 0 amide bonds. The van der Waals surface area contributed by atoms with E-state index in [2.05, 4.69) is 37.2 Å². The number of methoxy groups -OCH3 is 2. The first kappa shape index (κ1) is 97.6. The number of H-pyrrole nitrogens is 5. The third-order valence-corrected chi connectivity index (χ3v) is 29.3. The van der Waals surface area contributed by atoms with Crippen molar-refractivity contribution in [3.05, 3.63) is 259 Å². The summed E-state index contributed by atoms with van der Waals surface area (Å²) in [7, 11) is 3.05. The lowest BCUT2D eigenvalue weighted by molar-refractivity contribution is -0.0936. The van der Waals surface area contributed by atoms with Gasteiger partial charge in [0.25, 0.3) is 27.8 Å². The fraction of sp³-hybridized carbons (Fsp3) is 0.486. The number of hydrogen-bond donors (Lipinski definition) is 10. The Balaban J connectivity index is 0.733. The Hall–Kier alpha value is -6.96. The zero-order valence-corrected chi connectivity index (χ0v) is 77.5. The van der Waals surface area contributed by atoms with Crippen molar-refractivity contribution < 1.29 is 107 Å². The van der Waals surface area contributed by atoms with Gasteiger partial charge in [0.15, 0.2) is 0 Å². The molecule has 0 spiro atoms. The van der Waals surface area contributed by atoms with Crippen LogP contribution in [0.2, 0.25) is 0 Å². The lowest BCUT2D eigenvalue weighted by Crippen LogP contribution is -2.38. The Kier molecular flexibility index (Phi) is 30.9. The van der Waals surface area contributed by atoms with Crippen molar-refractivity contribution in [1.82, 2.24) is 47.8 Å². The molecule has 9 N–H and O–H groups in total. The zero-order valence-electron chi connectivity index (χ0n) is 68.9. The molecule has 0 radical (unpaired) electrons. The minimum atomic E-state index is -4.87. The van der Waals surface area contributed by atoms with Gasteiger partial charge in [0.2, 0.25) is 0 Å². The molecule has 5 aromatic heterocycles. The van der Waals surface area contributed by atoms with E-state index in [0.29, 0.717) is 28.2 Å². The first-order valence-corrected chi connectivity index (χ1v) is 52.1. The van der Waals surface area contributed by atoms with Gasteiger partial charge in [-0.2, -0.15) is 0 Å². The van der Waals surface area contributed by atoms with Gasteiger partial charge < -0.3 is 93.7 Å². The second-order valence-corrected chi connectivity index (χ2v) is 44.4. The van der Waals surface area contributed by atoms with Crippen LogP contribution in [0.3, 0.4) is 0 Å². The Bertz CT molecular complexity index is 6230. The van der Waals surface area contributed by atoms with Crippen molar-refractivity contribution in [3.63, 3.8) is 0 Å². The molecule has 13 rings (SSSR count). The molecule has 8 aromatic rings. The molecule has 5 aliphatic heterocycles. The monoisotopic (exact) mass is 1960 g/mol. The summed E-state index contributed by atoms with van der Waals surface area (Å²) in [5, 5.41) is 0. The quantitative estimate of drug-likeness (QED) is 0.0138. The summed E-state index contributed by atoms with van der Waals surface area (Å²) in [6.07, 6.45) is -16.5. The van der Waals surface area contributed by atoms with Crippen LogP contribution >= 0.6 is 45.9 Å². The molecule has 5 saturated heterocycles. The highest BCUT2D eigenvalue weighted by Crippen LogP contribution is 2.59. The van der Waals surface area contributed by atoms with Crippen LogP contribution in [0.25, 0.3) is 0 Å². The maximum absolute atomic E-state index is 15.0. The van der Waals surface area contributed by atoms with E-state index in [1.54, 1.807) is 38.1 Å². The number of ether oxygens (including phenoxy) is 8. The van der Waals surface area contributed by atoms with Gasteiger partial charge in [0.1, 0.15) is 84.9 Å². The van der Waals surface area contributed by atoms with Crippen LogP contribution in [0.15, 0.2) is 158 Å². The lowest BCUT2D eigenvalue weighted by Gasteiger charge is -2.37. The van der Waals surface area contributed by atoms with Crippen LogP contribution in [0.5, 0.6) is 11.5 Å². The Morgan fingerprint density at radius 3 is 0.921 bits per heavy atom. The molecule has 53 heteroatoms. The van der Waals surface area contributed by atoms with Gasteiger partial charge in [-0.3, -0.25) is 80.8 Å². The molecule has 5 fully saturated rings. The van der Waals surface area contributed by atoms with Gasteiger partial charge in [0, 0.05) is 90.9 Å². The molecule has 10 heterocycles. The molecule has 5 unspecified atom stereocenters. The van der Waals surface area contributed by atoms with Gasteiger partial charge in [-0.15, -0.1) is 0 Å². The van der Waals surface area contributed by atoms with Crippen LogP contribution < -0.4 is 65.7 Å². The van der Waals surface area contributed by atoms with Crippen LogP contribution in [-0.2, 0) is 131 Å². The molecule has 20 atom stereocenters. The molecule has 690 valence electrons. The van der Waals surface area contributed by atoms with Crippen LogP contribution in [-0.4, -0.2) is 182 Å². The van der Waals surface area contributed by atoms with Crippen LogP contribution in [0.1, 0.15) is 122 Å². The number of rotatable bonds is 37. The van der Waals surface area contributed by atoms with Crippen molar-refractivity contribution in [3.8, 4) is 11.5 Å². The molecule has 43 nitrogen and oxygen atoms in total. The van der Waals surface area contributed by atoms with Gasteiger partial charge in [0.05, 0.1) is 77.8 Å². The number of benzene rings is 3. The maximum Gasteiger partial charge on any atom is 0.386 e. The zero-order chi connectivity index (χ0) is 91.7. The number of nitrogens with one attached hydrogen (secondary N) is 5. The first-order chi connectivity index (χ1) is 59.9. The number of aromatic nitrogens is 10. The van der Waals surface area contributed by atoms with Crippen molar-refractivity contribution in [2.75, 3.05) is 47.3 Å². The largest absolute Gasteiger partial charge is 0.497 e. The van der Waals surface area contributed by atoms with E-state index in [4.69, 9.17) is 130 Å². The number of thiol groups is 1. The van der Waals surface area contributed by atoms with Gasteiger partial charge in [-0.1, -0.05) is 66.8 Å². The topological polar surface area (TPSA) is 538 Å². The highest BCUT2D eigenvalue weighted by molar-refractivity contribution is 8.44. The number of nitrogens with zero attached hydrogens (tertiary/aromatic N) is 5. The summed E-state index contributed by atoms with van der Waals surface area (Å²) in [5.41, 5.74) is -7.17. The van der Waals surface area contributed by atoms with Gasteiger partial charge in [-0.05, 0) is 137 Å². The number of hydrogen-bond acceptors (Lipinski definition) is 33. The average molecular weight is 1960 g/mol. The van der Waals surface area contributed by atoms with Gasteiger partial charge >= 0.3 is 62.1 Å². The standard InChI is InChI=1S/C74H91N10O33P5S5/c1-38(2)112-122(99,127)117-53-27-63(84-32-43(7)68(89)79-73(84)94)111-58(53)37-106-121(98,126)116-52-26-62(83-31-42(6)67(88)78-72(83)93)110-57(52)36-105-120(97,125)115-51-25-61(82-30-41(5)66(87)77-71(82)92)109-56(51)35-104-119(96,124)114-50-24-60(81-29-40(4)65(86)76-70(81)91)108-55(50)34-103-118(95,123)113-49-23-59(80-28-39(3)64(85)75-69(80)90)107-54(49)33-102-74(44-13-11-10-12-14-44,45-15-19-47(100-8)20-16-45)46-17-21-48(101-9)22-18-46/h10-22,28-32,38,49-63H,23-27,33-37H2,1-9H3,(H,95,123)(H,96,124)(H,97,125)(H,98,126)(H,99,127)(H,75,85,90)(H,76,86,91)(H,77,87,92)(H,78,88,93)(H,79,89,94)/t49-,50-,51-,52-,53-,54+,55+,56+,57+,58+,59+,60+,61+,62+,63+,118?,119?,120?,121?,122?/m0/s1. The van der Waals surface area contributed by atoms with Crippen molar-refractivity contribution in [2.45, 2.75) is 184 Å². The predicted octanol–water partition coefficient (Wildman–Crippen LogP) is 5.07. The van der Waals surface area contributed by atoms with E-state index in [0.717, 1.165) is 22.8 Å². The van der Waals surface area contributed by atoms with E-state index < -0.39 is 227 Å². The minimum Gasteiger partial charge on any atom is -0.497 e. The summed E-state index contributed by atoms with van der Waals surface area (Å²) >= 11 is 26.5. The smallest absolute Gasteiger partial charge is 0.386 e. The lowest BCUT2D eigenvalue weighted by atomic mass is 9.80. The Labute approximate surface area is 745 Å². The fourth-order valence-corrected chi connectivity index (χ4v) is 22.8. The fourth-order valence-electron chi connectivity index (χ4n) is 14.9. The second-order valence-electron chi connectivity index (χ2n) is 30.4. The summed E-state index contributed by atoms with van der Waals surface area (Å²) < 4.78 is 130. The van der Waals surface area contributed by atoms with Crippen LogP contribution in [0, 0.1) is 34.6 Å². The third-order valence-electron chi connectivity index (χ3n) is 21.1. The molecule has 0 aliphatic carbocycles. The summed E-state index contributed by atoms with van der Waals surface area (Å²) in [4.78, 5) is 189. The molecular weight excluding hydrogens is 1870 g/mol. The van der Waals surface area contributed by atoms with E-state index in [-0.39, 0.29) is 60.1 Å². The predicted molar refractivity (Wildman–Crippen MR) is 468 cm³/mol. The number of aromatic amines is 5. The maximum atomic E-state index is 15.0. The molecule has 127 heavy (non-hydrogen) atoms. The van der Waals surface area contributed by atoms with E-state index in [1.165, 1.54) is 79.8 Å². The van der Waals surface area contributed by atoms with Crippen molar-refractivity contribution in [2.24, 2.45) is 0 Å². The van der Waals surface area contributed by atoms with Crippen LogP contribution in [0.4, 0.5) is 0 Å². The van der Waals surface area contributed by atoms with E-state index >= 15 is 0 Å². The van der Waals surface area contributed by atoms with E-state index in [1.807, 2.05) is 54.6 Å². The summed E-state index contributed by atoms with van der Waals surface area (Å²) in [5.74, 6) is 1.08. The molecule has 5 aliphatic rings. The normalized spacial score (nSPS) is 26.2. The summed E-state index contributed by atoms with van der Waals surface area (Å²) in [6, 6.07) is 23.6. The second kappa shape index (κ2) is 40.2. The SMILES string of the molecule is COc1ccc(C(OC[C@H]2O[C@@H](n3cc(C)c(=O)[nH]c3=O)C[C@@H]2OP(O)(=S)OC[C@H]2O[C@@H](n3cc(C)c(=O)[nH]c3=O)C[C@@H]2OP(=O)(S)OC[C@H]2O[C@@H](n3cc(C)c(=O)[nH]c3=O)C[C@@H]2OP(O)(=S)OC[C@H]2O[C@@H](n3cc(C)c(=O)[nH]c3=O)C[C@@H]2OP(O)(=S)OC[C@H]2O[C@@H](n3cc(C)c(=O)[nH]c3=O)C[C@@H]2OP(O)(=S)OC(C)C)(c2ccccc2)c2ccc(OC)cc2)cc1. The molecule has 0 saturated carbocycles. The van der Waals surface area contributed by atoms with E-state index in [9.17, 15) is 72.1 Å².